The molecule has 0 aromatic rings. The zero-order valence-corrected chi connectivity index (χ0v) is 13.2. The molecule has 6 nitrogen and oxygen atoms in total. The Bertz CT molecular complexity index is 384. The van der Waals surface area contributed by atoms with E-state index in [2.05, 4.69) is 0 Å². The van der Waals surface area contributed by atoms with Gasteiger partial charge in [0.05, 0.1) is 19.1 Å². The summed E-state index contributed by atoms with van der Waals surface area (Å²) >= 11 is 0. The molecule has 7 heteroatoms. The summed E-state index contributed by atoms with van der Waals surface area (Å²) in [6, 6.07) is 0. The van der Waals surface area contributed by atoms with Gasteiger partial charge in [0.1, 0.15) is 18.6 Å². The lowest BCUT2D eigenvalue weighted by Crippen LogP contribution is -2.23. The van der Waals surface area contributed by atoms with E-state index >= 15 is 0 Å². The molecule has 1 aliphatic rings. The molecule has 0 heterocycles. The first-order valence-corrected chi connectivity index (χ1v) is 8.71. The largest absolute Gasteiger partial charge is 0.464 e. The van der Waals surface area contributed by atoms with Gasteiger partial charge in [0.2, 0.25) is 0 Å². The summed E-state index contributed by atoms with van der Waals surface area (Å²) in [6.45, 7) is 5.77. The zero-order valence-electron chi connectivity index (χ0n) is 12.3. The van der Waals surface area contributed by atoms with Gasteiger partial charge in [-0.1, -0.05) is 6.92 Å². The van der Waals surface area contributed by atoms with Crippen LogP contribution in [0, 0.1) is 11.8 Å². The quantitative estimate of drug-likeness (QED) is 0.506. The van der Waals surface area contributed by atoms with Crippen LogP contribution in [0.4, 0.5) is 0 Å². The normalized spacial score (nSPS) is 23.1. The van der Waals surface area contributed by atoms with Crippen molar-refractivity contribution in [1.29, 1.82) is 0 Å². The molecule has 116 valence electrons. The third kappa shape index (κ3) is 5.00. The van der Waals surface area contributed by atoms with Gasteiger partial charge in [-0.2, -0.15) is 0 Å². The minimum absolute atomic E-state index is 0.0527. The van der Waals surface area contributed by atoms with Crippen LogP contribution in [0.3, 0.4) is 0 Å². The lowest BCUT2D eigenvalue weighted by molar-refractivity contribution is -0.143. The second-order valence-electron chi connectivity index (χ2n) is 4.88. The van der Waals surface area contributed by atoms with E-state index in [4.69, 9.17) is 13.8 Å². The van der Waals surface area contributed by atoms with Crippen molar-refractivity contribution in [2.45, 2.75) is 33.6 Å². The molecule has 0 aromatic heterocycles. The average Bonchev–Trinajstić information content (AvgIpc) is 2.67. The van der Waals surface area contributed by atoms with E-state index in [0.29, 0.717) is 6.42 Å². The van der Waals surface area contributed by atoms with Crippen LogP contribution in [0.15, 0.2) is 0 Å². The van der Waals surface area contributed by atoms with Crippen molar-refractivity contribution in [3.8, 4) is 0 Å². The Kier molecular flexibility index (Phi) is 6.86. The van der Waals surface area contributed by atoms with E-state index < -0.39 is 19.7 Å². The highest BCUT2D eigenvalue weighted by Gasteiger charge is 2.34. The third-order valence-corrected chi connectivity index (χ3v) is 5.29. The number of rotatable bonds is 8. The van der Waals surface area contributed by atoms with Gasteiger partial charge in [-0.15, -0.1) is 0 Å². The lowest BCUT2D eigenvalue weighted by atomic mass is 9.99. The topological polar surface area (TPSA) is 78.9 Å². The van der Waals surface area contributed by atoms with Crippen LogP contribution in [0.2, 0.25) is 0 Å². The van der Waals surface area contributed by atoms with E-state index in [-0.39, 0.29) is 37.4 Å². The number of ketones is 1. The molecule has 0 N–H and O–H groups in total. The molecule has 0 bridgehead atoms. The molecule has 1 saturated carbocycles. The highest BCUT2D eigenvalue weighted by molar-refractivity contribution is 7.54. The molecular weight excluding hydrogens is 283 g/mol. The second kappa shape index (κ2) is 7.91. The number of hydrogen-bond donors (Lipinski definition) is 0. The molecule has 20 heavy (non-hydrogen) atoms. The van der Waals surface area contributed by atoms with Gasteiger partial charge >= 0.3 is 13.6 Å². The maximum atomic E-state index is 12.1. The van der Waals surface area contributed by atoms with Crippen LogP contribution in [-0.4, -0.2) is 37.7 Å². The number of carbonyl (C=O) groups is 2. The van der Waals surface area contributed by atoms with Crippen molar-refractivity contribution in [1.82, 2.24) is 0 Å². The van der Waals surface area contributed by atoms with Gasteiger partial charge in [-0.25, -0.2) is 0 Å². The first kappa shape index (κ1) is 17.3. The number of hydrogen-bond acceptors (Lipinski definition) is 6. The van der Waals surface area contributed by atoms with Crippen LogP contribution in [-0.2, 0) is 27.9 Å². The van der Waals surface area contributed by atoms with Crippen LogP contribution < -0.4 is 0 Å². The molecule has 0 radical (unpaired) electrons. The number of Topliss-reactive ketones (excluding diaryl/α,β-unsaturated/α-hetero) is 1. The van der Waals surface area contributed by atoms with E-state index in [9.17, 15) is 14.2 Å². The van der Waals surface area contributed by atoms with Gasteiger partial charge in [0, 0.05) is 6.42 Å². The third-order valence-electron chi connectivity index (χ3n) is 3.34. The molecule has 0 spiro atoms. The predicted octanol–water partition coefficient (Wildman–Crippen LogP) is 2.41. The Morgan fingerprint density at radius 1 is 1.30 bits per heavy atom. The van der Waals surface area contributed by atoms with Gasteiger partial charge in [-0.3, -0.25) is 14.2 Å². The summed E-state index contributed by atoms with van der Waals surface area (Å²) < 4.78 is 27.2. The van der Waals surface area contributed by atoms with E-state index in [1.54, 1.807) is 13.8 Å². The molecule has 0 aromatic carbocycles. The van der Waals surface area contributed by atoms with Gasteiger partial charge in [-0.05, 0) is 26.2 Å². The Morgan fingerprint density at radius 3 is 2.35 bits per heavy atom. The minimum atomic E-state index is -3.43. The van der Waals surface area contributed by atoms with Crippen molar-refractivity contribution >= 4 is 19.3 Å². The SMILES string of the molecule is CCOP(=O)(CC(=O)OC[C@H]1C(=O)CC[C@H]1C)OCC. The molecule has 0 amide bonds. The van der Waals surface area contributed by atoms with Crippen molar-refractivity contribution < 1.29 is 27.9 Å². The summed E-state index contributed by atoms with van der Waals surface area (Å²) in [6.07, 6.45) is 0.959. The van der Waals surface area contributed by atoms with Crippen LogP contribution >= 0.6 is 7.60 Å². The highest BCUT2D eigenvalue weighted by atomic mass is 31.2. The average molecular weight is 306 g/mol. The fourth-order valence-electron chi connectivity index (χ4n) is 2.24. The molecule has 1 fully saturated rings. The molecule has 1 rings (SSSR count). The number of ether oxygens (including phenoxy) is 1. The van der Waals surface area contributed by atoms with Gasteiger partial charge < -0.3 is 13.8 Å². The first-order chi connectivity index (χ1) is 9.41. The minimum Gasteiger partial charge on any atom is -0.464 e. The Balaban J connectivity index is 2.46. The smallest absolute Gasteiger partial charge is 0.341 e. The highest BCUT2D eigenvalue weighted by Crippen LogP contribution is 2.47. The standard InChI is InChI=1S/C13H23O6P/c1-4-18-20(16,19-5-2)9-13(15)17-8-11-10(3)6-7-12(11)14/h10-11H,4-9H2,1-3H3/t10-,11-/m1/s1. The fraction of sp³-hybridized carbons (Fsp3) is 0.846. The predicted molar refractivity (Wildman–Crippen MR) is 73.6 cm³/mol. The summed E-state index contributed by atoms with van der Waals surface area (Å²) in [7, 11) is -3.43. The van der Waals surface area contributed by atoms with Crippen LogP contribution in [0.1, 0.15) is 33.6 Å². The van der Waals surface area contributed by atoms with Crippen molar-refractivity contribution in [2.75, 3.05) is 26.0 Å². The maximum absolute atomic E-state index is 12.1. The summed E-state index contributed by atoms with van der Waals surface area (Å²) in [5, 5.41) is 0. The van der Waals surface area contributed by atoms with E-state index in [0.717, 1.165) is 6.42 Å². The summed E-state index contributed by atoms with van der Waals surface area (Å²) in [5.74, 6) is -0.538. The number of esters is 1. The summed E-state index contributed by atoms with van der Waals surface area (Å²) in [4.78, 5) is 23.3. The van der Waals surface area contributed by atoms with Gasteiger partial charge in [0.25, 0.3) is 0 Å². The Labute approximate surface area is 119 Å². The van der Waals surface area contributed by atoms with E-state index in [1.807, 2.05) is 6.92 Å². The number of carbonyl (C=O) groups excluding carboxylic acids is 2. The monoisotopic (exact) mass is 306 g/mol. The van der Waals surface area contributed by atoms with Crippen molar-refractivity contribution in [3.05, 3.63) is 0 Å². The van der Waals surface area contributed by atoms with Crippen molar-refractivity contribution in [2.24, 2.45) is 11.8 Å². The molecule has 1 aliphatic carbocycles. The van der Waals surface area contributed by atoms with Crippen molar-refractivity contribution in [3.63, 3.8) is 0 Å². The molecule has 0 saturated heterocycles. The zero-order chi connectivity index (χ0) is 15.2. The second-order valence-corrected chi connectivity index (χ2v) is 6.93. The maximum Gasteiger partial charge on any atom is 0.341 e. The molecule has 0 aliphatic heterocycles. The molecule has 0 unspecified atom stereocenters. The Hall–Kier alpha value is -0.710. The Morgan fingerprint density at radius 2 is 1.90 bits per heavy atom. The van der Waals surface area contributed by atoms with Crippen LogP contribution in [0.25, 0.3) is 0 Å². The van der Waals surface area contributed by atoms with E-state index in [1.165, 1.54) is 0 Å². The summed E-state index contributed by atoms with van der Waals surface area (Å²) in [5.41, 5.74) is 0. The molecule has 2 atom stereocenters. The fourth-order valence-corrected chi connectivity index (χ4v) is 3.69. The molecular formula is C13H23O6P. The van der Waals surface area contributed by atoms with Crippen LogP contribution in [0.5, 0.6) is 0 Å². The van der Waals surface area contributed by atoms with Gasteiger partial charge in [0.15, 0.2) is 0 Å². The first-order valence-electron chi connectivity index (χ1n) is 6.98. The lowest BCUT2D eigenvalue weighted by Gasteiger charge is -2.18.